The number of aromatic nitrogens is 1. The number of nitrogens with one attached hydrogen (secondary N) is 1. The third-order valence-electron chi connectivity index (χ3n) is 8.80. The number of anilines is 1. The molecule has 37 heavy (non-hydrogen) atoms. The van der Waals surface area contributed by atoms with Crippen molar-refractivity contribution in [3.05, 3.63) is 46.7 Å². The third-order valence-corrected chi connectivity index (χ3v) is 9.88. The van der Waals surface area contributed by atoms with E-state index < -0.39 is 5.54 Å². The molecule has 7 rings (SSSR count). The second-order valence-corrected chi connectivity index (χ2v) is 12.0. The van der Waals surface area contributed by atoms with Crippen molar-refractivity contribution in [2.45, 2.75) is 50.7 Å². The average Bonchev–Trinajstić information content (AvgIpc) is 3.60. The number of nitrogens with zero attached hydrogens (tertiary/aromatic N) is 3. The first-order chi connectivity index (χ1) is 18.0. The van der Waals surface area contributed by atoms with Gasteiger partial charge in [-0.05, 0) is 56.4 Å². The molecule has 4 saturated heterocycles. The number of carbonyl (C=O) groups is 2. The number of likely N-dealkylation sites (tertiary alicyclic amines) is 1. The van der Waals surface area contributed by atoms with Gasteiger partial charge >= 0.3 is 5.97 Å². The molecule has 196 valence electrons. The van der Waals surface area contributed by atoms with Gasteiger partial charge in [0.2, 0.25) is 0 Å². The second-order valence-electron chi connectivity index (χ2n) is 11.1. The van der Waals surface area contributed by atoms with Gasteiger partial charge in [-0.3, -0.25) is 9.69 Å². The molecule has 0 aliphatic carbocycles. The maximum absolute atomic E-state index is 13.9. The van der Waals surface area contributed by atoms with Crippen LogP contribution < -0.4 is 5.32 Å². The molecular weight excluding hydrogens is 488 g/mol. The molecule has 1 N–H and O–H groups in total. The number of ether oxygens (including phenoxy) is 1. The van der Waals surface area contributed by atoms with Gasteiger partial charge in [-0.2, -0.15) is 0 Å². The fourth-order valence-electron chi connectivity index (χ4n) is 6.56. The van der Waals surface area contributed by atoms with Gasteiger partial charge in [0.25, 0.3) is 5.91 Å². The van der Waals surface area contributed by atoms with Crippen LogP contribution in [0, 0.1) is 5.92 Å². The number of hydrogen-bond donors (Lipinski definition) is 1. The summed E-state index contributed by atoms with van der Waals surface area (Å²) in [6.07, 6.45) is 5.20. The SMILES string of the molecule is CC(C(=O)O[C@@H]1C[N+]2(CC(=O)Nc3noc4ccccc34)CCC1CC2)(c1cccs1)N1CCCCC1. The van der Waals surface area contributed by atoms with Crippen LogP contribution >= 0.6 is 11.3 Å². The number of esters is 1. The Morgan fingerprint density at radius 2 is 1.95 bits per heavy atom. The van der Waals surface area contributed by atoms with E-state index in [-0.39, 0.29) is 18.0 Å². The molecule has 4 aliphatic heterocycles. The molecule has 4 fully saturated rings. The number of benzene rings is 1. The van der Waals surface area contributed by atoms with Crippen LogP contribution in [-0.2, 0) is 19.9 Å². The largest absolute Gasteiger partial charge is 0.454 e. The predicted octanol–water partition coefficient (Wildman–Crippen LogP) is 4.38. The quantitative estimate of drug-likeness (QED) is 0.366. The van der Waals surface area contributed by atoms with E-state index in [1.165, 1.54) is 6.42 Å². The highest BCUT2D eigenvalue weighted by Crippen LogP contribution is 2.40. The summed E-state index contributed by atoms with van der Waals surface area (Å²) in [4.78, 5) is 30.4. The Morgan fingerprint density at radius 3 is 2.70 bits per heavy atom. The summed E-state index contributed by atoms with van der Waals surface area (Å²) in [5.41, 5.74) is -0.116. The van der Waals surface area contributed by atoms with E-state index >= 15 is 0 Å². The minimum absolute atomic E-state index is 0.0822. The maximum atomic E-state index is 13.9. The summed E-state index contributed by atoms with van der Waals surface area (Å²) < 4.78 is 12.4. The molecule has 6 heterocycles. The minimum atomic E-state index is -0.767. The summed E-state index contributed by atoms with van der Waals surface area (Å²) in [7, 11) is 0. The Hall–Kier alpha value is -2.75. The summed E-state index contributed by atoms with van der Waals surface area (Å²) in [6, 6.07) is 11.6. The Bertz CT molecular complexity index is 1260. The number of hydrogen-bond acceptors (Lipinski definition) is 7. The highest BCUT2D eigenvalue weighted by atomic mass is 32.1. The lowest BCUT2D eigenvalue weighted by atomic mass is 9.83. The van der Waals surface area contributed by atoms with Gasteiger partial charge in [-0.15, -0.1) is 11.3 Å². The van der Waals surface area contributed by atoms with Crippen LogP contribution in [0.4, 0.5) is 5.82 Å². The van der Waals surface area contributed by atoms with Crippen LogP contribution in [0.5, 0.6) is 0 Å². The van der Waals surface area contributed by atoms with Crippen LogP contribution in [0.3, 0.4) is 0 Å². The number of thiophene rings is 1. The second kappa shape index (κ2) is 9.85. The Labute approximate surface area is 221 Å². The van der Waals surface area contributed by atoms with Crippen molar-refractivity contribution in [2.75, 3.05) is 44.6 Å². The summed E-state index contributed by atoms with van der Waals surface area (Å²) in [5.74, 6) is 0.593. The smallest absolute Gasteiger partial charge is 0.332 e. The van der Waals surface area contributed by atoms with Gasteiger partial charge in [0, 0.05) is 23.6 Å². The van der Waals surface area contributed by atoms with Gasteiger partial charge in [0.1, 0.15) is 6.54 Å². The molecule has 0 radical (unpaired) electrons. The number of rotatable bonds is 7. The standard InChI is InChI=1S/C28H34N4O4S/c1-28(24-10-7-17-37-24,31-13-5-2-6-14-31)27(34)35-23-18-32(15-11-20(23)12-16-32)19-25(33)29-26-21-8-3-4-9-22(21)36-30-26/h3-4,7-10,17,20,23H,2,5-6,11-16,18-19H2,1H3/p+1/t20?,23-,28?,32?/m1/s1. The molecule has 9 heteroatoms. The molecule has 4 aliphatic rings. The van der Waals surface area contributed by atoms with Crippen LogP contribution in [-0.4, -0.2) is 71.8 Å². The molecule has 8 nitrogen and oxygen atoms in total. The third kappa shape index (κ3) is 4.57. The highest BCUT2D eigenvalue weighted by molar-refractivity contribution is 7.10. The zero-order valence-electron chi connectivity index (χ0n) is 21.4. The van der Waals surface area contributed by atoms with Crippen molar-refractivity contribution >= 4 is 40.0 Å². The van der Waals surface area contributed by atoms with E-state index in [0.717, 1.165) is 62.1 Å². The number of para-hydroxylation sites is 1. The predicted molar refractivity (Wildman–Crippen MR) is 142 cm³/mol. The van der Waals surface area contributed by atoms with Crippen LogP contribution in [0.1, 0.15) is 43.9 Å². The van der Waals surface area contributed by atoms with E-state index in [4.69, 9.17) is 9.26 Å². The fraction of sp³-hybridized carbons (Fsp3) is 0.536. The van der Waals surface area contributed by atoms with Crippen LogP contribution in [0.15, 0.2) is 46.3 Å². The first-order valence-corrected chi connectivity index (χ1v) is 14.3. The molecule has 1 aromatic carbocycles. The molecule has 2 bridgehead atoms. The molecule has 3 aromatic rings. The number of piperidine rings is 4. The Balaban J connectivity index is 1.16. The van der Waals surface area contributed by atoms with Gasteiger partial charge in [-0.25, -0.2) is 4.79 Å². The fourth-order valence-corrected chi connectivity index (χ4v) is 7.47. The van der Waals surface area contributed by atoms with E-state index in [1.54, 1.807) is 11.3 Å². The normalized spacial score (nSPS) is 27.6. The van der Waals surface area contributed by atoms with Crippen molar-refractivity contribution < 1.29 is 23.3 Å². The lowest BCUT2D eigenvalue weighted by Crippen LogP contribution is -2.66. The average molecular weight is 524 g/mol. The molecule has 2 aromatic heterocycles. The summed E-state index contributed by atoms with van der Waals surface area (Å²) in [6.45, 7) is 6.75. The van der Waals surface area contributed by atoms with E-state index in [2.05, 4.69) is 21.4 Å². The number of quaternary nitrogens is 1. The van der Waals surface area contributed by atoms with Gasteiger partial charge in [0.05, 0.1) is 18.5 Å². The van der Waals surface area contributed by atoms with E-state index in [1.807, 2.05) is 42.6 Å². The van der Waals surface area contributed by atoms with Gasteiger partial charge < -0.3 is 19.1 Å². The zero-order valence-corrected chi connectivity index (χ0v) is 22.2. The molecule has 1 unspecified atom stereocenters. The van der Waals surface area contributed by atoms with Crippen molar-refractivity contribution in [1.29, 1.82) is 0 Å². The Kier molecular flexibility index (Phi) is 6.54. The molecule has 1 amide bonds. The topological polar surface area (TPSA) is 84.7 Å². The molecule has 2 atom stereocenters. The van der Waals surface area contributed by atoms with Gasteiger partial charge in [0.15, 0.2) is 29.6 Å². The lowest BCUT2D eigenvalue weighted by molar-refractivity contribution is -0.939. The number of amides is 1. The minimum Gasteiger partial charge on any atom is -0.454 e. The Morgan fingerprint density at radius 1 is 1.16 bits per heavy atom. The monoisotopic (exact) mass is 523 g/mol. The lowest BCUT2D eigenvalue weighted by Gasteiger charge is -2.52. The van der Waals surface area contributed by atoms with Crippen molar-refractivity contribution in [3.63, 3.8) is 0 Å². The molecule has 0 saturated carbocycles. The molecular formula is C28H35N4O4S+. The zero-order chi connectivity index (χ0) is 25.5. The molecule has 0 spiro atoms. The highest BCUT2D eigenvalue weighted by Gasteiger charge is 2.51. The van der Waals surface area contributed by atoms with E-state index in [0.29, 0.717) is 34.9 Å². The number of fused-ring (bicyclic) bond motifs is 4. The maximum Gasteiger partial charge on any atom is 0.332 e. The van der Waals surface area contributed by atoms with Crippen LogP contribution in [0.25, 0.3) is 11.0 Å². The first-order valence-electron chi connectivity index (χ1n) is 13.5. The van der Waals surface area contributed by atoms with Crippen molar-refractivity contribution in [3.8, 4) is 0 Å². The van der Waals surface area contributed by atoms with E-state index in [9.17, 15) is 9.59 Å². The van der Waals surface area contributed by atoms with Crippen LogP contribution in [0.2, 0.25) is 0 Å². The van der Waals surface area contributed by atoms with Gasteiger partial charge in [-0.1, -0.05) is 29.8 Å². The van der Waals surface area contributed by atoms with Crippen molar-refractivity contribution in [2.24, 2.45) is 5.92 Å². The first kappa shape index (κ1) is 24.6. The summed E-state index contributed by atoms with van der Waals surface area (Å²) in [5, 5.41) is 9.84. The summed E-state index contributed by atoms with van der Waals surface area (Å²) >= 11 is 1.63. The number of carbonyl (C=O) groups excluding carboxylic acids is 2. The van der Waals surface area contributed by atoms with Crippen molar-refractivity contribution in [1.82, 2.24) is 10.1 Å².